The average molecular weight is 292 g/mol. The maximum atomic E-state index is 12.5. The van der Waals surface area contributed by atoms with E-state index in [2.05, 4.69) is 10.5 Å². The van der Waals surface area contributed by atoms with Gasteiger partial charge in [0.05, 0.1) is 11.8 Å². The topological polar surface area (TPSA) is 64.4 Å². The number of carbonyl (C=O) groups is 1. The third kappa shape index (κ3) is 2.27. The Labute approximate surface area is 125 Å². The van der Waals surface area contributed by atoms with E-state index in [-0.39, 0.29) is 17.4 Å². The molecule has 1 heterocycles. The Balaban J connectivity index is 1.72. The predicted octanol–water partition coefficient (Wildman–Crippen LogP) is 2.76. The van der Waals surface area contributed by atoms with Gasteiger partial charge < -0.3 is 14.6 Å². The highest BCUT2D eigenvalue weighted by molar-refractivity contribution is 5.96. The van der Waals surface area contributed by atoms with Gasteiger partial charge in [0.15, 0.2) is 0 Å². The number of aryl methyl sites for hydroxylation is 2. The molecule has 0 aliphatic heterocycles. The molecule has 0 aromatic carbocycles. The molecule has 1 spiro atoms. The minimum absolute atomic E-state index is 0.0579. The van der Waals surface area contributed by atoms with Gasteiger partial charge in [-0.1, -0.05) is 18.0 Å². The zero-order valence-electron chi connectivity index (χ0n) is 13.1. The van der Waals surface area contributed by atoms with Crippen LogP contribution in [0.5, 0.6) is 0 Å². The second-order valence-corrected chi connectivity index (χ2v) is 6.35. The van der Waals surface area contributed by atoms with Crippen LogP contribution in [0.25, 0.3) is 0 Å². The van der Waals surface area contributed by atoms with Gasteiger partial charge in [-0.05, 0) is 40.0 Å². The van der Waals surface area contributed by atoms with Gasteiger partial charge in [0.1, 0.15) is 11.3 Å². The van der Waals surface area contributed by atoms with Crippen molar-refractivity contribution in [3.8, 4) is 0 Å². The molecular formula is C16H24N2O3. The van der Waals surface area contributed by atoms with Crippen LogP contribution >= 0.6 is 0 Å². The maximum Gasteiger partial charge on any atom is 0.257 e. The zero-order chi connectivity index (χ0) is 15.0. The van der Waals surface area contributed by atoms with Crippen molar-refractivity contribution in [1.82, 2.24) is 10.5 Å². The van der Waals surface area contributed by atoms with Crippen LogP contribution < -0.4 is 5.32 Å². The van der Waals surface area contributed by atoms with Gasteiger partial charge in [0.2, 0.25) is 0 Å². The maximum absolute atomic E-state index is 12.5. The van der Waals surface area contributed by atoms with Gasteiger partial charge >= 0.3 is 0 Å². The molecule has 21 heavy (non-hydrogen) atoms. The van der Waals surface area contributed by atoms with Crippen molar-refractivity contribution in [3.05, 3.63) is 17.0 Å². The van der Waals surface area contributed by atoms with E-state index in [1.165, 1.54) is 12.8 Å². The van der Waals surface area contributed by atoms with Crippen LogP contribution in [0.3, 0.4) is 0 Å². The Morgan fingerprint density at radius 1 is 1.43 bits per heavy atom. The molecule has 116 valence electrons. The Morgan fingerprint density at radius 3 is 2.71 bits per heavy atom. The van der Waals surface area contributed by atoms with Crippen molar-refractivity contribution < 1.29 is 14.1 Å². The molecule has 5 nitrogen and oxygen atoms in total. The summed E-state index contributed by atoms with van der Waals surface area (Å²) in [6.45, 7) is 6.37. The van der Waals surface area contributed by atoms with Crippen molar-refractivity contribution in [2.45, 2.75) is 65.0 Å². The largest absolute Gasteiger partial charge is 0.378 e. The summed E-state index contributed by atoms with van der Waals surface area (Å²) in [5.74, 6) is 0.531. The Bertz CT molecular complexity index is 512. The van der Waals surface area contributed by atoms with Gasteiger partial charge in [-0.25, -0.2) is 0 Å². The summed E-state index contributed by atoms with van der Waals surface area (Å²) in [5, 5.41) is 7.06. The number of ether oxygens (including phenoxy) is 1. The van der Waals surface area contributed by atoms with Crippen molar-refractivity contribution in [1.29, 1.82) is 0 Å². The first-order valence-electron chi connectivity index (χ1n) is 7.94. The van der Waals surface area contributed by atoms with Crippen LogP contribution in [0.15, 0.2) is 4.52 Å². The lowest BCUT2D eigenvalue weighted by Gasteiger charge is -2.54. The van der Waals surface area contributed by atoms with Crippen LogP contribution in [-0.2, 0) is 4.74 Å². The van der Waals surface area contributed by atoms with E-state index in [1.807, 2.05) is 6.92 Å². The lowest BCUT2D eigenvalue weighted by Crippen LogP contribution is -2.63. The van der Waals surface area contributed by atoms with Crippen LogP contribution in [0, 0.1) is 19.3 Å². The minimum atomic E-state index is -0.0579. The first-order valence-corrected chi connectivity index (χ1v) is 7.94. The summed E-state index contributed by atoms with van der Waals surface area (Å²) in [6.07, 6.45) is 6.01. The number of hydrogen-bond acceptors (Lipinski definition) is 4. The van der Waals surface area contributed by atoms with E-state index >= 15 is 0 Å². The molecule has 1 N–H and O–H groups in total. The molecular weight excluding hydrogens is 268 g/mol. The Hall–Kier alpha value is -1.36. The smallest absolute Gasteiger partial charge is 0.257 e. The minimum Gasteiger partial charge on any atom is -0.378 e. The van der Waals surface area contributed by atoms with E-state index in [4.69, 9.17) is 9.26 Å². The molecule has 0 unspecified atom stereocenters. The SMILES string of the molecule is CCO[C@H]1C[C@H](NC(=O)c2c(C)noc2C)C12CCCC2. The molecule has 1 aromatic rings. The summed E-state index contributed by atoms with van der Waals surface area (Å²) in [7, 11) is 0. The molecule has 1 amide bonds. The number of amides is 1. The van der Waals surface area contributed by atoms with Crippen LogP contribution in [0.2, 0.25) is 0 Å². The lowest BCUT2D eigenvalue weighted by atomic mass is 9.60. The molecule has 2 saturated carbocycles. The molecule has 0 radical (unpaired) electrons. The fourth-order valence-corrected chi connectivity index (χ4v) is 4.13. The molecule has 2 aliphatic rings. The van der Waals surface area contributed by atoms with E-state index in [9.17, 15) is 4.79 Å². The first-order chi connectivity index (χ1) is 10.1. The summed E-state index contributed by atoms with van der Waals surface area (Å²) in [6, 6.07) is 0.220. The standard InChI is InChI=1S/C16H24N2O3/c1-4-20-13-9-12(16(13)7-5-6-8-16)17-15(19)14-10(2)18-21-11(14)3/h12-13H,4-9H2,1-3H3,(H,17,19)/t12-,13-/m0/s1. The number of carbonyl (C=O) groups excluding carboxylic acids is 1. The summed E-state index contributed by atoms with van der Waals surface area (Å²) >= 11 is 0. The quantitative estimate of drug-likeness (QED) is 0.926. The third-order valence-corrected chi connectivity index (χ3v) is 5.25. The summed E-state index contributed by atoms with van der Waals surface area (Å²) < 4.78 is 11.0. The molecule has 0 bridgehead atoms. The second kappa shape index (κ2) is 5.44. The van der Waals surface area contributed by atoms with Gasteiger partial charge in [-0.15, -0.1) is 0 Å². The van der Waals surface area contributed by atoms with E-state index in [0.29, 0.717) is 23.1 Å². The number of nitrogens with zero attached hydrogens (tertiary/aromatic N) is 1. The fraction of sp³-hybridized carbons (Fsp3) is 0.750. The Kier molecular flexibility index (Phi) is 3.78. The number of aromatic nitrogens is 1. The molecule has 1 aromatic heterocycles. The van der Waals surface area contributed by atoms with Crippen molar-refractivity contribution in [2.75, 3.05) is 6.61 Å². The molecule has 2 fully saturated rings. The molecule has 5 heteroatoms. The lowest BCUT2D eigenvalue weighted by molar-refractivity contribution is -0.127. The second-order valence-electron chi connectivity index (χ2n) is 6.35. The summed E-state index contributed by atoms with van der Waals surface area (Å²) in [5.41, 5.74) is 1.40. The van der Waals surface area contributed by atoms with E-state index in [0.717, 1.165) is 25.9 Å². The first kappa shape index (κ1) is 14.6. The van der Waals surface area contributed by atoms with Gasteiger partial charge in [-0.3, -0.25) is 4.79 Å². The van der Waals surface area contributed by atoms with Crippen LogP contribution in [0.4, 0.5) is 0 Å². The highest BCUT2D eigenvalue weighted by atomic mass is 16.5. The average Bonchev–Trinajstić information content (AvgIpc) is 3.07. The fourth-order valence-electron chi connectivity index (χ4n) is 4.13. The zero-order valence-corrected chi connectivity index (χ0v) is 13.1. The third-order valence-electron chi connectivity index (χ3n) is 5.25. The van der Waals surface area contributed by atoms with Crippen molar-refractivity contribution in [3.63, 3.8) is 0 Å². The normalized spacial score (nSPS) is 26.8. The van der Waals surface area contributed by atoms with E-state index < -0.39 is 0 Å². The summed E-state index contributed by atoms with van der Waals surface area (Å²) in [4.78, 5) is 12.5. The molecule has 3 rings (SSSR count). The highest BCUT2D eigenvalue weighted by Gasteiger charge is 2.57. The molecule has 2 aliphatic carbocycles. The van der Waals surface area contributed by atoms with Gasteiger partial charge in [-0.2, -0.15) is 0 Å². The monoisotopic (exact) mass is 292 g/mol. The number of rotatable bonds is 4. The van der Waals surface area contributed by atoms with Crippen molar-refractivity contribution in [2.24, 2.45) is 5.41 Å². The van der Waals surface area contributed by atoms with Crippen molar-refractivity contribution >= 4 is 5.91 Å². The number of nitrogens with one attached hydrogen (secondary N) is 1. The predicted molar refractivity (Wildman–Crippen MR) is 78.2 cm³/mol. The van der Waals surface area contributed by atoms with Crippen LogP contribution in [0.1, 0.15) is 60.8 Å². The van der Waals surface area contributed by atoms with Crippen LogP contribution in [-0.4, -0.2) is 29.8 Å². The van der Waals surface area contributed by atoms with Gasteiger partial charge in [0, 0.05) is 18.1 Å². The van der Waals surface area contributed by atoms with Gasteiger partial charge in [0.25, 0.3) is 5.91 Å². The molecule has 2 atom stereocenters. The molecule has 0 saturated heterocycles. The highest BCUT2D eigenvalue weighted by Crippen LogP contribution is 2.54. The Morgan fingerprint density at radius 2 is 2.14 bits per heavy atom. The van der Waals surface area contributed by atoms with E-state index in [1.54, 1.807) is 13.8 Å². The number of hydrogen-bond donors (Lipinski definition) is 1.